The number of tetrazole rings is 1. The summed E-state index contributed by atoms with van der Waals surface area (Å²) < 4.78 is 1.31. The third-order valence-corrected chi connectivity index (χ3v) is 3.30. The number of aryl methyl sites for hydroxylation is 1. The number of hydrogen-bond donors (Lipinski definition) is 1. The Balaban J connectivity index is 2.27. The van der Waals surface area contributed by atoms with E-state index in [9.17, 15) is 4.79 Å². The Morgan fingerprint density at radius 1 is 1.33 bits per heavy atom. The second kappa shape index (κ2) is 4.93. The molecule has 0 fully saturated rings. The molecule has 7 nitrogen and oxygen atoms in total. The number of para-hydroxylation sites is 1. The van der Waals surface area contributed by atoms with E-state index in [0.29, 0.717) is 5.82 Å². The fraction of sp³-hybridized carbons (Fsp3) is 0.214. The van der Waals surface area contributed by atoms with Crippen molar-refractivity contribution in [3.8, 4) is 11.4 Å². The highest BCUT2D eigenvalue weighted by Crippen LogP contribution is 2.27. The van der Waals surface area contributed by atoms with Crippen molar-refractivity contribution in [2.75, 3.05) is 0 Å². The highest BCUT2D eigenvalue weighted by Gasteiger charge is 2.21. The summed E-state index contributed by atoms with van der Waals surface area (Å²) in [7, 11) is 0. The third-order valence-electron chi connectivity index (χ3n) is 3.30. The van der Waals surface area contributed by atoms with Crippen LogP contribution in [0.15, 0.2) is 30.3 Å². The van der Waals surface area contributed by atoms with Crippen molar-refractivity contribution in [1.82, 2.24) is 25.2 Å². The van der Waals surface area contributed by atoms with Crippen molar-refractivity contribution >= 4 is 16.9 Å². The van der Waals surface area contributed by atoms with Crippen molar-refractivity contribution in [2.24, 2.45) is 0 Å². The smallest absolute Gasteiger partial charge is 0.328 e. The molecule has 0 aliphatic rings. The monoisotopic (exact) mass is 283 g/mol. The molecular formula is C14H13N5O2. The zero-order chi connectivity index (χ0) is 15.0. The fourth-order valence-corrected chi connectivity index (χ4v) is 2.23. The van der Waals surface area contributed by atoms with Crippen LogP contribution in [0.1, 0.15) is 18.7 Å². The lowest BCUT2D eigenvalue weighted by atomic mass is 10.1. The number of rotatable bonds is 3. The summed E-state index contributed by atoms with van der Waals surface area (Å²) in [6, 6.07) is 8.64. The zero-order valence-corrected chi connectivity index (χ0v) is 11.6. The van der Waals surface area contributed by atoms with Crippen LogP contribution in [0, 0.1) is 6.92 Å². The van der Waals surface area contributed by atoms with Gasteiger partial charge in [-0.1, -0.05) is 18.2 Å². The van der Waals surface area contributed by atoms with Crippen molar-refractivity contribution < 1.29 is 9.90 Å². The van der Waals surface area contributed by atoms with Gasteiger partial charge in [-0.3, -0.25) is 4.98 Å². The molecule has 0 radical (unpaired) electrons. The van der Waals surface area contributed by atoms with Crippen LogP contribution in [-0.4, -0.2) is 36.3 Å². The number of carbonyl (C=O) groups is 1. The number of carboxylic acid groups (broad SMARTS) is 1. The second-order valence-electron chi connectivity index (χ2n) is 4.79. The highest BCUT2D eigenvalue weighted by molar-refractivity contribution is 5.93. The molecule has 1 unspecified atom stereocenters. The van der Waals surface area contributed by atoms with Gasteiger partial charge >= 0.3 is 5.97 Å². The topological polar surface area (TPSA) is 93.8 Å². The van der Waals surface area contributed by atoms with E-state index >= 15 is 0 Å². The van der Waals surface area contributed by atoms with Gasteiger partial charge in [0.25, 0.3) is 0 Å². The Kier molecular flexibility index (Phi) is 3.09. The molecule has 106 valence electrons. The van der Waals surface area contributed by atoms with E-state index in [0.717, 1.165) is 22.2 Å². The summed E-state index contributed by atoms with van der Waals surface area (Å²) in [4.78, 5) is 15.6. The molecule has 0 spiro atoms. The number of aromatic nitrogens is 5. The summed E-state index contributed by atoms with van der Waals surface area (Å²) in [5, 5.41) is 21.5. The molecule has 0 amide bonds. The number of benzene rings is 1. The summed E-state index contributed by atoms with van der Waals surface area (Å²) in [6.07, 6.45) is 0. The number of pyridine rings is 1. The van der Waals surface area contributed by atoms with E-state index in [2.05, 4.69) is 20.5 Å². The highest BCUT2D eigenvalue weighted by atomic mass is 16.4. The lowest BCUT2D eigenvalue weighted by Gasteiger charge is -2.11. The van der Waals surface area contributed by atoms with Gasteiger partial charge in [-0.05, 0) is 36.4 Å². The Morgan fingerprint density at radius 2 is 2.10 bits per heavy atom. The first-order valence-corrected chi connectivity index (χ1v) is 6.45. The lowest BCUT2D eigenvalue weighted by molar-refractivity contribution is -0.140. The van der Waals surface area contributed by atoms with Crippen LogP contribution in [0.2, 0.25) is 0 Å². The Morgan fingerprint density at radius 3 is 2.86 bits per heavy atom. The van der Waals surface area contributed by atoms with Gasteiger partial charge in [-0.25, -0.2) is 9.48 Å². The molecule has 0 saturated carbocycles. The number of carboxylic acids is 1. The maximum atomic E-state index is 11.2. The summed E-state index contributed by atoms with van der Waals surface area (Å²) in [5.41, 5.74) is 2.42. The summed E-state index contributed by atoms with van der Waals surface area (Å²) in [6.45, 7) is 3.42. The first-order chi connectivity index (χ1) is 10.1. The van der Waals surface area contributed by atoms with Gasteiger partial charge < -0.3 is 5.11 Å². The molecule has 21 heavy (non-hydrogen) atoms. The zero-order valence-electron chi connectivity index (χ0n) is 11.6. The molecule has 0 bridgehead atoms. The van der Waals surface area contributed by atoms with Crippen molar-refractivity contribution in [2.45, 2.75) is 19.9 Å². The van der Waals surface area contributed by atoms with Crippen molar-refractivity contribution in [1.29, 1.82) is 0 Å². The first kappa shape index (κ1) is 13.2. The minimum atomic E-state index is -0.987. The molecule has 0 aliphatic carbocycles. The summed E-state index contributed by atoms with van der Waals surface area (Å²) >= 11 is 0. The fourth-order valence-electron chi connectivity index (χ4n) is 2.23. The van der Waals surface area contributed by atoms with Gasteiger partial charge in [0.05, 0.1) is 5.52 Å². The quantitative estimate of drug-likeness (QED) is 0.788. The van der Waals surface area contributed by atoms with E-state index < -0.39 is 12.0 Å². The van der Waals surface area contributed by atoms with Crippen LogP contribution in [0.3, 0.4) is 0 Å². The van der Waals surface area contributed by atoms with E-state index in [1.165, 1.54) is 4.68 Å². The molecule has 3 rings (SSSR count). The van der Waals surface area contributed by atoms with Crippen molar-refractivity contribution in [3.05, 3.63) is 36.0 Å². The molecule has 1 N–H and O–H groups in total. The number of fused-ring (bicyclic) bond motifs is 1. The second-order valence-corrected chi connectivity index (χ2v) is 4.79. The van der Waals surface area contributed by atoms with Gasteiger partial charge in [0, 0.05) is 16.6 Å². The number of nitrogens with zero attached hydrogens (tertiary/aromatic N) is 5. The van der Waals surface area contributed by atoms with Gasteiger partial charge in [-0.15, -0.1) is 5.10 Å². The summed E-state index contributed by atoms with van der Waals surface area (Å²) in [5.74, 6) is -0.565. The van der Waals surface area contributed by atoms with Crippen molar-refractivity contribution in [3.63, 3.8) is 0 Å². The van der Waals surface area contributed by atoms with Crippen LogP contribution in [0.4, 0.5) is 0 Å². The maximum Gasteiger partial charge on any atom is 0.328 e. The predicted molar refractivity (Wildman–Crippen MR) is 75.6 cm³/mol. The van der Waals surface area contributed by atoms with Crippen LogP contribution in [0.25, 0.3) is 22.3 Å². The molecule has 3 aromatic rings. The first-order valence-electron chi connectivity index (χ1n) is 6.45. The van der Waals surface area contributed by atoms with Crippen LogP contribution in [-0.2, 0) is 4.79 Å². The van der Waals surface area contributed by atoms with Gasteiger partial charge in [0.15, 0.2) is 11.9 Å². The molecular weight excluding hydrogens is 270 g/mol. The molecule has 1 atom stereocenters. The molecule has 1 aromatic carbocycles. The van der Waals surface area contributed by atoms with Crippen LogP contribution in [0.5, 0.6) is 0 Å². The Hall–Kier alpha value is -2.83. The minimum Gasteiger partial charge on any atom is -0.480 e. The van der Waals surface area contributed by atoms with E-state index in [-0.39, 0.29) is 0 Å². The van der Waals surface area contributed by atoms with E-state index in [1.54, 1.807) is 6.92 Å². The SMILES string of the molecule is Cc1cc(-c2nnnn2C(C)C(=O)O)c2ccccc2n1. The Labute approximate surface area is 120 Å². The standard InChI is InChI=1S/C14H13N5O2/c1-8-7-11(10-5-3-4-6-12(10)15-8)13-16-17-18-19(13)9(2)14(20)21/h3-7,9H,1-2H3,(H,20,21). The van der Waals surface area contributed by atoms with Gasteiger partial charge in [-0.2, -0.15) is 0 Å². The average Bonchev–Trinajstić information content (AvgIpc) is 2.94. The molecule has 2 aromatic heterocycles. The van der Waals surface area contributed by atoms with Gasteiger partial charge in [0.2, 0.25) is 0 Å². The van der Waals surface area contributed by atoms with Crippen LogP contribution < -0.4 is 0 Å². The molecule has 0 saturated heterocycles. The maximum absolute atomic E-state index is 11.2. The predicted octanol–water partition coefficient (Wildman–Crippen LogP) is 1.84. The van der Waals surface area contributed by atoms with E-state index in [4.69, 9.17) is 5.11 Å². The largest absolute Gasteiger partial charge is 0.480 e. The normalized spacial score (nSPS) is 12.5. The molecule has 0 aliphatic heterocycles. The number of hydrogen-bond acceptors (Lipinski definition) is 5. The lowest BCUT2D eigenvalue weighted by Crippen LogP contribution is -2.18. The van der Waals surface area contributed by atoms with E-state index in [1.807, 2.05) is 37.3 Å². The minimum absolute atomic E-state index is 0.423. The van der Waals surface area contributed by atoms with Crippen LogP contribution >= 0.6 is 0 Å². The average molecular weight is 283 g/mol. The Bertz CT molecular complexity index is 827. The number of aliphatic carboxylic acids is 1. The molecule has 7 heteroatoms. The third kappa shape index (κ3) is 2.22. The van der Waals surface area contributed by atoms with Gasteiger partial charge in [0.1, 0.15) is 0 Å². The molecule has 2 heterocycles.